The second-order valence-electron chi connectivity index (χ2n) is 2.81. The number of hydrogen-bond donors (Lipinski definition) is 0. The number of fused-ring (bicyclic) bond motifs is 1. The number of rotatable bonds is 2. The third-order valence-corrected chi connectivity index (χ3v) is 2.07. The quantitative estimate of drug-likeness (QED) is 0.694. The van der Waals surface area contributed by atoms with Gasteiger partial charge in [0.15, 0.2) is 5.65 Å². The predicted molar refractivity (Wildman–Crippen MR) is 52.5 cm³/mol. The van der Waals surface area contributed by atoms with Crippen LogP contribution in [0, 0.1) is 0 Å². The molecule has 0 aliphatic rings. The molecule has 2 aromatic rings. The molecule has 3 nitrogen and oxygen atoms in total. The lowest BCUT2D eigenvalue weighted by molar-refractivity contribution is 1.06. The number of imidazole rings is 1. The maximum atomic E-state index is 4.43. The van der Waals surface area contributed by atoms with E-state index in [1.165, 1.54) is 0 Å². The summed E-state index contributed by atoms with van der Waals surface area (Å²) in [5, 5.41) is 0. The van der Waals surface area contributed by atoms with Crippen LogP contribution >= 0.6 is 0 Å². The molecule has 3 heteroatoms. The number of aryl methyl sites for hydroxylation is 1. The third kappa shape index (κ3) is 1.13. The Morgan fingerprint density at radius 3 is 3.15 bits per heavy atom. The minimum Gasteiger partial charge on any atom is -0.297 e. The molecule has 0 fully saturated rings. The predicted octanol–water partition coefficient (Wildman–Crippen LogP) is 1.93. The highest BCUT2D eigenvalue weighted by molar-refractivity contribution is 5.53. The Bertz CT molecular complexity index is 442. The van der Waals surface area contributed by atoms with Crippen molar-refractivity contribution in [3.63, 3.8) is 0 Å². The summed E-state index contributed by atoms with van der Waals surface area (Å²) >= 11 is 0. The van der Waals surface area contributed by atoms with E-state index in [2.05, 4.69) is 23.5 Å². The minimum atomic E-state index is 0.884. The lowest BCUT2D eigenvalue weighted by Gasteiger charge is -1.95. The van der Waals surface area contributed by atoms with Crippen molar-refractivity contribution >= 4 is 11.7 Å². The van der Waals surface area contributed by atoms with Crippen LogP contribution < -0.4 is 0 Å². The van der Waals surface area contributed by atoms with Crippen molar-refractivity contribution in [3.05, 3.63) is 36.6 Å². The third-order valence-electron chi connectivity index (χ3n) is 2.07. The first-order valence-electron chi connectivity index (χ1n) is 4.30. The Balaban J connectivity index is 2.81. The number of aromatic nitrogens is 3. The highest BCUT2D eigenvalue weighted by Gasteiger charge is 2.06. The molecule has 0 saturated heterocycles. The first kappa shape index (κ1) is 7.98. The molecule has 0 aromatic carbocycles. The van der Waals surface area contributed by atoms with E-state index in [0.29, 0.717) is 0 Å². The molecule has 2 aromatic heterocycles. The Kier molecular flexibility index (Phi) is 1.85. The van der Waals surface area contributed by atoms with Gasteiger partial charge in [0.2, 0.25) is 0 Å². The van der Waals surface area contributed by atoms with E-state index in [0.717, 1.165) is 23.5 Å². The molecule has 66 valence electrons. The van der Waals surface area contributed by atoms with Crippen LogP contribution in [-0.2, 0) is 6.42 Å². The fraction of sp³-hybridized carbons (Fsp3) is 0.200. The van der Waals surface area contributed by atoms with Gasteiger partial charge in [-0.1, -0.05) is 13.5 Å². The lowest BCUT2D eigenvalue weighted by atomic mass is 10.2. The summed E-state index contributed by atoms with van der Waals surface area (Å²) in [6, 6.07) is 0. The van der Waals surface area contributed by atoms with Crippen molar-refractivity contribution in [2.75, 3.05) is 0 Å². The van der Waals surface area contributed by atoms with Crippen LogP contribution in [0.2, 0.25) is 0 Å². The van der Waals surface area contributed by atoms with Crippen LogP contribution in [-0.4, -0.2) is 14.4 Å². The topological polar surface area (TPSA) is 30.2 Å². The first-order chi connectivity index (χ1) is 6.36. The molecule has 0 aliphatic heterocycles. The van der Waals surface area contributed by atoms with Crippen LogP contribution in [0.3, 0.4) is 0 Å². The molecule has 2 heterocycles. The lowest BCUT2D eigenvalue weighted by Crippen LogP contribution is -1.88. The standard InChI is InChI=1S/C10H11N3/c1-3-8-9(4-2)13-6-5-11-7-10(13)12-8/h4-7H,2-3H2,1H3. The van der Waals surface area contributed by atoms with Crippen molar-refractivity contribution in [1.29, 1.82) is 0 Å². The highest BCUT2D eigenvalue weighted by Crippen LogP contribution is 2.12. The second-order valence-corrected chi connectivity index (χ2v) is 2.81. The van der Waals surface area contributed by atoms with E-state index < -0.39 is 0 Å². The first-order valence-corrected chi connectivity index (χ1v) is 4.30. The number of nitrogens with zero attached hydrogens (tertiary/aromatic N) is 3. The average molecular weight is 173 g/mol. The van der Waals surface area contributed by atoms with E-state index in [1.54, 1.807) is 12.4 Å². The molecular weight excluding hydrogens is 162 g/mol. The van der Waals surface area contributed by atoms with Gasteiger partial charge in [0.25, 0.3) is 0 Å². The van der Waals surface area contributed by atoms with Gasteiger partial charge >= 0.3 is 0 Å². The van der Waals surface area contributed by atoms with Crippen molar-refractivity contribution in [1.82, 2.24) is 14.4 Å². The second kappa shape index (κ2) is 3.01. The monoisotopic (exact) mass is 173 g/mol. The normalized spacial score (nSPS) is 10.5. The van der Waals surface area contributed by atoms with Gasteiger partial charge in [0, 0.05) is 12.4 Å². The largest absolute Gasteiger partial charge is 0.297 e. The highest BCUT2D eigenvalue weighted by atomic mass is 15.0. The summed E-state index contributed by atoms with van der Waals surface area (Å²) in [5.41, 5.74) is 3.03. The fourth-order valence-electron chi connectivity index (χ4n) is 1.45. The van der Waals surface area contributed by atoms with E-state index in [4.69, 9.17) is 0 Å². The zero-order valence-corrected chi connectivity index (χ0v) is 7.57. The van der Waals surface area contributed by atoms with Crippen LogP contribution in [0.25, 0.3) is 11.7 Å². The van der Waals surface area contributed by atoms with E-state index in [9.17, 15) is 0 Å². The van der Waals surface area contributed by atoms with Crippen molar-refractivity contribution in [2.24, 2.45) is 0 Å². The molecule has 0 aliphatic carbocycles. The Labute approximate surface area is 76.8 Å². The van der Waals surface area contributed by atoms with Gasteiger partial charge in [-0.05, 0) is 12.5 Å². The summed E-state index contributed by atoms with van der Waals surface area (Å²) in [7, 11) is 0. The smallest absolute Gasteiger partial charge is 0.156 e. The van der Waals surface area contributed by atoms with Crippen LogP contribution in [0.15, 0.2) is 25.2 Å². The van der Waals surface area contributed by atoms with Crippen molar-refractivity contribution in [3.8, 4) is 0 Å². The molecule has 2 rings (SSSR count). The van der Waals surface area contributed by atoms with Crippen molar-refractivity contribution in [2.45, 2.75) is 13.3 Å². The van der Waals surface area contributed by atoms with Crippen LogP contribution in [0.1, 0.15) is 18.3 Å². The SMILES string of the molecule is C=Cc1c(CC)nc2cnccn12. The molecule has 0 N–H and O–H groups in total. The summed E-state index contributed by atoms with van der Waals surface area (Å²) in [5.74, 6) is 0. The molecule has 0 radical (unpaired) electrons. The van der Waals surface area contributed by atoms with Gasteiger partial charge in [-0.15, -0.1) is 0 Å². The molecule has 0 saturated carbocycles. The van der Waals surface area contributed by atoms with Gasteiger partial charge in [-0.3, -0.25) is 9.38 Å². The summed E-state index contributed by atoms with van der Waals surface area (Å²) < 4.78 is 2.00. The van der Waals surface area contributed by atoms with E-state index >= 15 is 0 Å². The van der Waals surface area contributed by atoms with E-state index in [1.807, 2.05) is 16.7 Å². The van der Waals surface area contributed by atoms with Gasteiger partial charge in [0.1, 0.15) is 0 Å². The molecule has 0 spiro atoms. The van der Waals surface area contributed by atoms with Crippen LogP contribution in [0.4, 0.5) is 0 Å². The van der Waals surface area contributed by atoms with E-state index in [-0.39, 0.29) is 0 Å². The van der Waals surface area contributed by atoms with Gasteiger partial charge in [0.05, 0.1) is 17.6 Å². The summed E-state index contributed by atoms with van der Waals surface area (Å²) in [6.45, 7) is 5.87. The Hall–Kier alpha value is -1.64. The maximum Gasteiger partial charge on any atom is 0.156 e. The molecule has 0 unspecified atom stereocenters. The minimum absolute atomic E-state index is 0.884. The average Bonchev–Trinajstić information content (AvgIpc) is 2.55. The van der Waals surface area contributed by atoms with Crippen molar-refractivity contribution < 1.29 is 0 Å². The molecular formula is C10H11N3. The number of hydrogen-bond acceptors (Lipinski definition) is 2. The molecule has 13 heavy (non-hydrogen) atoms. The fourth-order valence-corrected chi connectivity index (χ4v) is 1.45. The summed E-state index contributed by atoms with van der Waals surface area (Å²) in [4.78, 5) is 8.45. The zero-order chi connectivity index (χ0) is 9.26. The molecule has 0 amide bonds. The Morgan fingerprint density at radius 1 is 1.62 bits per heavy atom. The summed E-state index contributed by atoms with van der Waals surface area (Å²) in [6.07, 6.45) is 8.16. The van der Waals surface area contributed by atoms with Gasteiger partial charge in [-0.2, -0.15) is 0 Å². The maximum absolute atomic E-state index is 4.43. The van der Waals surface area contributed by atoms with Gasteiger partial charge < -0.3 is 0 Å². The van der Waals surface area contributed by atoms with Crippen LogP contribution in [0.5, 0.6) is 0 Å². The Morgan fingerprint density at radius 2 is 2.46 bits per heavy atom. The molecule has 0 atom stereocenters. The van der Waals surface area contributed by atoms with Gasteiger partial charge in [-0.25, -0.2) is 4.98 Å². The molecule has 0 bridgehead atoms. The zero-order valence-electron chi connectivity index (χ0n) is 7.57.